The molecular formula is C12H16N4O3. The van der Waals surface area contributed by atoms with Crippen molar-refractivity contribution >= 4 is 11.9 Å². The van der Waals surface area contributed by atoms with E-state index in [-0.39, 0.29) is 17.8 Å². The number of amides is 1. The summed E-state index contributed by atoms with van der Waals surface area (Å²) >= 11 is 0. The summed E-state index contributed by atoms with van der Waals surface area (Å²) in [5.41, 5.74) is 0. The van der Waals surface area contributed by atoms with Crippen LogP contribution >= 0.6 is 0 Å². The summed E-state index contributed by atoms with van der Waals surface area (Å²) in [6, 6.07) is -0.276. The van der Waals surface area contributed by atoms with Gasteiger partial charge in [-0.3, -0.25) is 14.7 Å². The van der Waals surface area contributed by atoms with Gasteiger partial charge in [0.25, 0.3) is 5.91 Å². The molecule has 1 aliphatic carbocycles. The second-order valence-corrected chi connectivity index (χ2v) is 4.50. The molecule has 2 atom stereocenters. The number of carbonyl (C=O) groups is 2. The topological polar surface area (TPSA) is 108 Å². The zero-order chi connectivity index (χ0) is 13.8. The lowest BCUT2D eigenvalue weighted by atomic mass is 10.1. The van der Waals surface area contributed by atoms with Gasteiger partial charge in [0.15, 0.2) is 0 Å². The number of aryl methyl sites for hydroxylation is 1. The van der Waals surface area contributed by atoms with Gasteiger partial charge in [-0.15, -0.1) is 5.10 Å². The molecule has 7 heteroatoms. The van der Waals surface area contributed by atoms with Crippen molar-refractivity contribution in [3.63, 3.8) is 0 Å². The van der Waals surface area contributed by atoms with Gasteiger partial charge >= 0.3 is 5.97 Å². The van der Waals surface area contributed by atoms with Crippen LogP contribution in [0.2, 0.25) is 0 Å². The van der Waals surface area contributed by atoms with Gasteiger partial charge in [0, 0.05) is 12.5 Å². The molecule has 2 rings (SSSR count). The molecule has 0 spiro atoms. The predicted molar refractivity (Wildman–Crippen MR) is 66.5 cm³/mol. The third kappa shape index (κ3) is 3.18. The average Bonchev–Trinajstić information content (AvgIpc) is 2.98. The van der Waals surface area contributed by atoms with Crippen LogP contribution in [0.3, 0.4) is 0 Å². The molecule has 1 aromatic heterocycles. The van der Waals surface area contributed by atoms with Crippen LogP contribution < -0.4 is 5.32 Å². The highest BCUT2D eigenvalue weighted by molar-refractivity contribution is 5.90. The highest BCUT2D eigenvalue weighted by Crippen LogP contribution is 2.18. The fourth-order valence-electron chi connectivity index (χ4n) is 1.97. The quantitative estimate of drug-likeness (QED) is 0.672. The standard InChI is InChI=1S/C12H16N4O3/c1-2-3-9-14-10(16-15-9)11(17)13-8-5-4-7(6-8)12(18)19/h4-5,7-8H,2-3,6H2,1H3,(H,13,17)(H,18,19)(H,14,15,16). The largest absolute Gasteiger partial charge is 0.481 e. The minimum Gasteiger partial charge on any atom is -0.481 e. The van der Waals surface area contributed by atoms with E-state index in [0.717, 1.165) is 12.8 Å². The third-order valence-corrected chi connectivity index (χ3v) is 2.94. The highest BCUT2D eigenvalue weighted by atomic mass is 16.4. The van der Waals surface area contributed by atoms with Gasteiger partial charge < -0.3 is 10.4 Å². The predicted octanol–water partition coefficient (Wildman–Crippen LogP) is 0.516. The molecule has 0 radical (unpaired) electrons. The van der Waals surface area contributed by atoms with E-state index in [0.29, 0.717) is 12.2 Å². The third-order valence-electron chi connectivity index (χ3n) is 2.94. The molecule has 1 aromatic rings. The maximum atomic E-state index is 11.9. The number of aromatic nitrogens is 3. The van der Waals surface area contributed by atoms with Crippen LogP contribution in [-0.2, 0) is 11.2 Å². The number of aliphatic carboxylic acids is 1. The summed E-state index contributed by atoms with van der Waals surface area (Å²) in [4.78, 5) is 26.7. The minimum atomic E-state index is -0.879. The lowest BCUT2D eigenvalue weighted by Crippen LogP contribution is -2.34. The van der Waals surface area contributed by atoms with Crippen LogP contribution in [0.5, 0.6) is 0 Å². The Labute approximate surface area is 110 Å². The van der Waals surface area contributed by atoms with Crippen molar-refractivity contribution < 1.29 is 14.7 Å². The van der Waals surface area contributed by atoms with Crippen molar-refractivity contribution in [2.24, 2.45) is 5.92 Å². The van der Waals surface area contributed by atoms with Crippen LogP contribution in [0.15, 0.2) is 12.2 Å². The molecule has 0 saturated carbocycles. The lowest BCUT2D eigenvalue weighted by Gasteiger charge is -2.10. The normalized spacial score (nSPS) is 21.5. The van der Waals surface area contributed by atoms with Crippen molar-refractivity contribution in [2.45, 2.75) is 32.2 Å². The average molecular weight is 264 g/mol. The Kier molecular flexibility index (Phi) is 3.94. The Bertz CT molecular complexity index is 509. The zero-order valence-electron chi connectivity index (χ0n) is 10.6. The van der Waals surface area contributed by atoms with Crippen LogP contribution in [0.25, 0.3) is 0 Å². The molecule has 0 bridgehead atoms. The number of carbonyl (C=O) groups excluding carboxylic acids is 1. The molecular weight excluding hydrogens is 248 g/mol. The molecule has 2 unspecified atom stereocenters. The van der Waals surface area contributed by atoms with Gasteiger partial charge in [-0.25, -0.2) is 4.98 Å². The Balaban J connectivity index is 1.91. The molecule has 0 fully saturated rings. The van der Waals surface area contributed by atoms with Crippen molar-refractivity contribution in [3.8, 4) is 0 Å². The molecule has 0 aromatic carbocycles. The van der Waals surface area contributed by atoms with E-state index in [9.17, 15) is 9.59 Å². The van der Waals surface area contributed by atoms with E-state index in [1.54, 1.807) is 12.2 Å². The summed E-state index contributed by atoms with van der Waals surface area (Å²) < 4.78 is 0. The van der Waals surface area contributed by atoms with Crippen LogP contribution in [0.4, 0.5) is 0 Å². The van der Waals surface area contributed by atoms with Crippen molar-refractivity contribution in [1.29, 1.82) is 0 Å². The molecule has 0 saturated heterocycles. The maximum Gasteiger partial charge on any atom is 0.310 e. The van der Waals surface area contributed by atoms with Crippen LogP contribution in [0.1, 0.15) is 36.2 Å². The molecule has 3 N–H and O–H groups in total. The summed E-state index contributed by atoms with van der Waals surface area (Å²) in [5.74, 6) is -1.03. The molecule has 7 nitrogen and oxygen atoms in total. The number of rotatable bonds is 5. The van der Waals surface area contributed by atoms with Gasteiger partial charge in [0.1, 0.15) is 5.82 Å². The fraction of sp³-hybridized carbons (Fsp3) is 0.500. The van der Waals surface area contributed by atoms with Crippen molar-refractivity contribution in [3.05, 3.63) is 23.8 Å². The molecule has 1 amide bonds. The van der Waals surface area contributed by atoms with Gasteiger partial charge in [-0.2, -0.15) is 0 Å². The number of hydrogen-bond acceptors (Lipinski definition) is 4. The molecule has 1 aliphatic rings. The lowest BCUT2D eigenvalue weighted by molar-refractivity contribution is -0.140. The maximum absolute atomic E-state index is 11.9. The second-order valence-electron chi connectivity index (χ2n) is 4.50. The Hall–Kier alpha value is -2.18. The van der Waals surface area contributed by atoms with E-state index in [4.69, 9.17) is 5.11 Å². The summed E-state index contributed by atoms with van der Waals surface area (Å²) in [7, 11) is 0. The molecule has 0 aliphatic heterocycles. The van der Waals surface area contributed by atoms with Crippen molar-refractivity contribution in [2.75, 3.05) is 0 Å². The number of aromatic amines is 1. The first-order chi connectivity index (χ1) is 9.10. The molecule has 19 heavy (non-hydrogen) atoms. The number of carboxylic acids is 1. The Morgan fingerprint density at radius 2 is 2.32 bits per heavy atom. The van der Waals surface area contributed by atoms with Crippen LogP contribution in [0, 0.1) is 5.92 Å². The van der Waals surface area contributed by atoms with Gasteiger partial charge in [-0.05, 0) is 12.8 Å². The smallest absolute Gasteiger partial charge is 0.310 e. The van der Waals surface area contributed by atoms with Crippen LogP contribution in [-0.4, -0.2) is 38.2 Å². The van der Waals surface area contributed by atoms with E-state index < -0.39 is 11.9 Å². The highest BCUT2D eigenvalue weighted by Gasteiger charge is 2.26. The number of hydrogen-bond donors (Lipinski definition) is 3. The summed E-state index contributed by atoms with van der Waals surface area (Å²) in [6.07, 6.45) is 5.31. The first-order valence-corrected chi connectivity index (χ1v) is 6.23. The fourth-order valence-corrected chi connectivity index (χ4v) is 1.97. The first-order valence-electron chi connectivity index (χ1n) is 6.23. The van der Waals surface area contributed by atoms with E-state index in [2.05, 4.69) is 20.5 Å². The van der Waals surface area contributed by atoms with Gasteiger partial charge in [0.2, 0.25) is 5.82 Å². The van der Waals surface area contributed by atoms with E-state index >= 15 is 0 Å². The number of carboxylic acid groups (broad SMARTS) is 1. The zero-order valence-corrected chi connectivity index (χ0v) is 10.6. The number of H-pyrrole nitrogens is 1. The van der Waals surface area contributed by atoms with Crippen molar-refractivity contribution in [1.82, 2.24) is 20.5 Å². The van der Waals surface area contributed by atoms with Gasteiger partial charge in [0.05, 0.1) is 5.92 Å². The Morgan fingerprint density at radius 3 is 2.95 bits per heavy atom. The van der Waals surface area contributed by atoms with E-state index in [1.807, 2.05) is 6.92 Å². The first kappa shape index (κ1) is 13.3. The number of nitrogens with zero attached hydrogens (tertiary/aromatic N) is 2. The molecule has 1 heterocycles. The monoisotopic (exact) mass is 264 g/mol. The minimum absolute atomic E-state index is 0.0932. The van der Waals surface area contributed by atoms with Gasteiger partial charge in [-0.1, -0.05) is 19.1 Å². The second kappa shape index (κ2) is 5.64. The SMILES string of the molecule is CCCc1nc(C(=O)NC2C=CC(C(=O)O)C2)n[nH]1. The Morgan fingerprint density at radius 1 is 1.53 bits per heavy atom. The molecule has 102 valence electrons. The number of nitrogens with one attached hydrogen (secondary N) is 2. The summed E-state index contributed by atoms with van der Waals surface area (Å²) in [5, 5.41) is 18.1. The van der Waals surface area contributed by atoms with E-state index in [1.165, 1.54) is 0 Å². The summed E-state index contributed by atoms with van der Waals surface area (Å²) in [6.45, 7) is 2.01.